The number of carbonyl (C=O) groups excluding carboxylic acids is 1. The van der Waals surface area contributed by atoms with Crippen molar-refractivity contribution in [2.75, 3.05) is 6.54 Å². The van der Waals surface area contributed by atoms with Crippen molar-refractivity contribution in [3.05, 3.63) is 59.7 Å². The Morgan fingerprint density at radius 1 is 0.929 bits per heavy atom. The highest BCUT2D eigenvalue weighted by atomic mass is 32.2. The van der Waals surface area contributed by atoms with Gasteiger partial charge in [-0.25, -0.2) is 0 Å². The summed E-state index contributed by atoms with van der Waals surface area (Å²) in [6.07, 6.45) is -9.48. The van der Waals surface area contributed by atoms with Gasteiger partial charge in [-0.2, -0.15) is 34.8 Å². The summed E-state index contributed by atoms with van der Waals surface area (Å²) in [5.41, 5.74) is -1.58. The molecular formula is C16H11F6NO4S. The van der Waals surface area contributed by atoms with Crippen molar-refractivity contribution in [3.8, 4) is 5.75 Å². The lowest BCUT2D eigenvalue weighted by Crippen LogP contribution is -2.33. The molecule has 0 aliphatic rings. The zero-order chi connectivity index (χ0) is 21.2. The first kappa shape index (κ1) is 21.5. The maximum absolute atomic E-state index is 12.9. The molecule has 0 saturated carbocycles. The van der Waals surface area contributed by atoms with Crippen LogP contribution in [0.25, 0.3) is 0 Å². The molecule has 0 unspecified atom stereocenters. The number of carbonyl (C=O) groups is 1. The highest BCUT2D eigenvalue weighted by Crippen LogP contribution is 2.37. The van der Waals surface area contributed by atoms with E-state index < -0.39 is 51.1 Å². The molecule has 5 nitrogen and oxygen atoms in total. The van der Waals surface area contributed by atoms with Gasteiger partial charge in [0.1, 0.15) is 11.4 Å². The lowest BCUT2D eigenvalue weighted by Gasteiger charge is -2.13. The molecule has 2 aromatic rings. The van der Waals surface area contributed by atoms with Gasteiger partial charge in [-0.15, -0.1) is 0 Å². The lowest BCUT2D eigenvalue weighted by atomic mass is 10.2. The predicted molar refractivity (Wildman–Crippen MR) is 84.1 cm³/mol. The molecule has 2 rings (SSSR count). The smallest absolute Gasteiger partial charge is 0.378 e. The van der Waals surface area contributed by atoms with E-state index in [4.69, 9.17) is 0 Å². The summed E-state index contributed by atoms with van der Waals surface area (Å²) in [4.78, 5) is 11.0. The summed E-state index contributed by atoms with van der Waals surface area (Å²) in [5, 5.41) is 1.59. The average Bonchev–Trinajstić information content (AvgIpc) is 2.58. The number of benzene rings is 2. The quantitative estimate of drug-likeness (QED) is 0.583. The number of para-hydroxylation sites is 1. The monoisotopic (exact) mass is 427 g/mol. The van der Waals surface area contributed by atoms with E-state index in [2.05, 4.69) is 4.18 Å². The molecule has 0 aromatic heterocycles. The molecule has 2 aromatic carbocycles. The normalized spacial score (nSPS) is 12.5. The summed E-state index contributed by atoms with van der Waals surface area (Å²) >= 11 is 0. The second-order valence-electron chi connectivity index (χ2n) is 5.35. The third-order valence-corrected chi connectivity index (χ3v) is 4.50. The van der Waals surface area contributed by atoms with Gasteiger partial charge in [0.05, 0.1) is 5.56 Å². The van der Waals surface area contributed by atoms with E-state index in [0.717, 1.165) is 42.5 Å². The first-order chi connectivity index (χ1) is 12.8. The molecule has 12 heteroatoms. The van der Waals surface area contributed by atoms with Crippen LogP contribution < -0.4 is 9.50 Å². The van der Waals surface area contributed by atoms with Gasteiger partial charge in [-0.1, -0.05) is 12.1 Å². The summed E-state index contributed by atoms with van der Waals surface area (Å²) in [5.74, 6) is -2.05. The van der Waals surface area contributed by atoms with E-state index in [1.165, 1.54) is 0 Å². The van der Waals surface area contributed by atoms with E-state index in [0.29, 0.717) is 6.07 Å². The molecular weight excluding hydrogens is 416 g/mol. The van der Waals surface area contributed by atoms with Crippen LogP contribution in [0.15, 0.2) is 53.4 Å². The Bertz CT molecular complexity index is 952. The van der Waals surface area contributed by atoms with E-state index in [1.807, 2.05) is 0 Å². The first-order valence-corrected chi connectivity index (χ1v) is 8.76. The molecule has 0 aliphatic heterocycles. The minimum absolute atomic E-state index is 0.279. The molecule has 1 N–H and O–H groups in total. The summed E-state index contributed by atoms with van der Waals surface area (Å²) < 4.78 is 104. The molecule has 0 fully saturated rings. The van der Waals surface area contributed by atoms with Gasteiger partial charge in [-0.3, -0.25) is 4.79 Å². The molecule has 0 spiro atoms. The number of hydrogen-bond donors (Lipinski definition) is 1. The van der Waals surface area contributed by atoms with Crippen LogP contribution in [0.4, 0.5) is 26.3 Å². The SMILES string of the molecule is O=C(NCC(F)(F)F)c1ccc(S(=O)(=O)Oc2ccccc2C(F)(F)F)cc1. The van der Waals surface area contributed by atoms with E-state index >= 15 is 0 Å². The fraction of sp³-hybridized carbons (Fsp3) is 0.188. The summed E-state index contributed by atoms with van der Waals surface area (Å²) in [6.45, 7) is -1.58. The van der Waals surface area contributed by atoms with Gasteiger partial charge in [-0.05, 0) is 36.4 Å². The summed E-state index contributed by atoms with van der Waals surface area (Å²) in [7, 11) is -4.69. The Morgan fingerprint density at radius 2 is 1.50 bits per heavy atom. The van der Waals surface area contributed by atoms with Gasteiger partial charge >= 0.3 is 22.5 Å². The van der Waals surface area contributed by atoms with Gasteiger partial charge in [0.15, 0.2) is 5.75 Å². The van der Waals surface area contributed by atoms with Crippen LogP contribution in [0, 0.1) is 0 Å². The Labute approximate surface area is 155 Å². The second-order valence-corrected chi connectivity index (χ2v) is 6.90. The highest BCUT2D eigenvalue weighted by Gasteiger charge is 2.35. The number of hydrogen-bond acceptors (Lipinski definition) is 4. The van der Waals surface area contributed by atoms with Crippen LogP contribution in [0.2, 0.25) is 0 Å². The molecule has 0 aliphatic carbocycles. The topological polar surface area (TPSA) is 72.5 Å². The fourth-order valence-corrected chi connectivity index (χ4v) is 2.94. The van der Waals surface area contributed by atoms with Gasteiger partial charge in [0, 0.05) is 5.56 Å². The first-order valence-electron chi connectivity index (χ1n) is 7.35. The number of rotatable bonds is 5. The molecule has 0 saturated heterocycles. The number of amides is 1. The predicted octanol–water partition coefficient (Wildman–Crippen LogP) is 3.77. The van der Waals surface area contributed by atoms with Crippen molar-refractivity contribution in [3.63, 3.8) is 0 Å². The number of nitrogens with one attached hydrogen (secondary N) is 1. The van der Waals surface area contributed by atoms with Crippen LogP contribution in [0.3, 0.4) is 0 Å². The highest BCUT2D eigenvalue weighted by molar-refractivity contribution is 7.87. The van der Waals surface area contributed by atoms with E-state index in [-0.39, 0.29) is 5.56 Å². The Hall–Kier alpha value is -2.76. The number of halogens is 6. The van der Waals surface area contributed by atoms with Crippen molar-refractivity contribution in [1.29, 1.82) is 0 Å². The maximum Gasteiger partial charge on any atom is 0.420 e. The maximum atomic E-state index is 12.9. The van der Waals surface area contributed by atoms with E-state index in [1.54, 1.807) is 5.32 Å². The van der Waals surface area contributed by atoms with Gasteiger partial charge in [0.25, 0.3) is 5.91 Å². The van der Waals surface area contributed by atoms with Crippen LogP contribution >= 0.6 is 0 Å². The third kappa shape index (κ3) is 5.62. The van der Waals surface area contributed by atoms with Crippen LogP contribution in [-0.4, -0.2) is 27.0 Å². The lowest BCUT2D eigenvalue weighted by molar-refractivity contribution is -0.138. The molecule has 0 atom stereocenters. The second kappa shape index (κ2) is 7.70. The molecule has 0 bridgehead atoms. The zero-order valence-corrected chi connectivity index (χ0v) is 14.5. The minimum atomic E-state index is -4.85. The van der Waals surface area contributed by atoms with Gasteiger partial charge < -0.3 is 9.50 Å². The zero-order valence-electron chi connectivity index (χ0n) is 13.6. The van der Waals surface area contributed by atoms with Crippen LogP contribution in [0.5, 0.6) is 5.75 Å². The van der Waals surface area contributed by atoms with Crippen molar-refractivity contribution in [1.82, 2.24) is 5.32 Å². The fourth-order valence-electron chi connectivity index (χ4n) is 2.00. The largest absolute Gasteiger partial charge is 0.420 e. The standard InChI is InChI=1S/C16H11F6NO4S/c17-15(18,19)9-23-14(24)10-5-7-11(8-6-10)28(25,26)27-13-4-2-1-3-12(13)16(20,21)22/h1-8H,9H2,(H,23,24). The average molecular weight is 427 g/mol. The van der Waals surface area contributed by atoms with Crippen molar-refractivity contribution < 1.29 is 43.7 Å². The third-order valence-electron chi connectivity index (χ3n) is 3.25. The molecule has 1 amide bonds. The van der Waals surface area contributed by atoms with Crippen molar-refractivity contribution in [2.45, 2.75) is 17.2 Å². The van der Waals surface area contributed by atoms with Gasteiger partial charge in [0.2, 0.25) is 0 Å². The Kier molecular flexibility index (Phi) is 5.92. The van der Waals surface area contributed by atoms with Crippen molar-refractivity contribution in [2.24, 2.45) is 0 Å². The Morgan fingerprint density at radius 3 is 2.04 bits per heavy atom. The molecule has 28 heavy (non-hydrogen) atoms. The van der Waals surface area contributed by atoms with Crippen molar-refractivity contribution >= 4 is 16.0 Å². The molecule has 0 heterocycles. The van der Waals surface area contributed by atoms with Crippen LogP contribution in [-0.2, 0) is 16.3 Å². The van der Waals surface area contributed by atoms with Crippen LogP contribution in [0.1, 0.15) is 15.9 Å². The Balaban J connectivity index is 2.21. The van der Waals surface area contributed by atoms with E-state index in [9.17, 15) is 39.6 Å². The molecule has 152 valence electrons. The molecule has 0 radical (unpaired) electrons. The minimum Gasteiger partial charge on any atom is -0.378 e. The summed E-state index contributed by atoms with van der Waals surface area (Å²) in [6, 6.07) is 7.11. The number of alkyl halides is 6.